The number of piperidine rings is 1. The molecule has 2 saturated heterocycles. The van der Waals surface area contributed by atoms with E-state index in [2.05, 4.69) is 20.0 Å². The van der Waals surface area contributed by atoms with Crippen molar-refractivity contribution in [2.24, 2.45) is 0 Å². The highest BCUT2D eigenvalue weighted by molar-refractivity contribution is 5.82. The summed E-state index contributed by atoms with van der Waals surface area (Å²) < 4.78 is 5.50. The summed E-state index contributed by atoms with van der Waals surface area (Å²) in [4.78, 5) is 39.1. The molecule has 2 aliphatic heterocycles. The van der Waals surface area contributed by atoms with Gasteiger partial charge in [-0.2, -0.15) is 4.98 Å². The lowest BCUT2D eigenvalue weighted by molar-refractivity contribution is -0.142. The molecule has 0 aromatic carbocycles. The van der Waals surface area contributed by atoms with Gasteiger partial charge >= 0.3 is 0 Å². The Bertz CT molecular complexity index is 870. The number of amides is 2. The van der Waals surface area contributed by atoms with E-state index in [0.717, 1.165) is 25.9 Å². The first-order valence-corrected chi connectivity index (χ1v) is 10.6. The summed E-state index contributed by atoms with van der Waals surface area (Å²) in [6.45, 7) is 7.63. The van der Waals surface area contributed by atoms with Gasteiger partial charge in [0, 0.05) is 45.2 Å². The Morgan fingerprint density at radius 1 is 1.07 bits per heavy atom. The average molecular weight is 412 g/mol. The third-order valence-corrected chi connectivity index (χ3v) is 6.16. The maximum absolute atomic E-state index is 12.9. The molecule has 2 aliphatic rings. The van der Waals surface area contributed by atoms with Crippen molar-refractivity contribution >= 4 is 11.8 Å². The molecule has 160 valence electrons. The second-order valence-corrected chi connectivity index (χ2v) is 7.99. The minimum Gasteiger partial charge on any atom is -0.339 e. The highest BCUT2D eigenvalue weighted by Crippen LogP contribution is 2.29. The van der Waals surface area contributed by atoms with Gasteiger partial charge in [-0.05, 0) is 45.0 Å². The van der Waals surface area contributed by atoms with Gasteiger partial charge < -0.3 is 14.3 Å². The van der Waals surface area contributed by atoms with Crippen LogP contribution in [-0.2, 0) is 9.59 Å². The number of piperazine rings is 1. The molecule has 2 aromatic rings. The third kappa shape index (κ3) is 4.35. The molecule has 4 rings (SSSR count). The molecule has 0 saturated carbocycles. The van der Waals surface area contributed by atoms with Gasteiger partial charge in [0.1, 0.15) is 5.69 Å². The molecule has 2 amide bonds. The van der Waals surface area contributed by atoms with Gasteiger partial charge in [0.25, 0.3) is 0 Å². The smallest absolute Gasteiger partial charge is 0.239 e. The number of hydrogen-bond acceptors (Lipinski definition) is 7. The molecule has 1 unspecified atom stereocenters. The van der Waals surface area contributed by atoms with Crippen LogP contribution < -0.4 is 0 Å². The Hall–Kier alpha value is -2.81. The normalized spacial score (nSPS) is 19.7. The first kappa shape index (κ1) is 20.5. The first-order chi connectivity index (χ1) is 14.5. The number of likely N-dealkylation sites (tertiary alicyclic amines) is 1. The maximum atomic E-state index is 12.9. The fourth-order valence-electron chi connectivity index (χ4n) is 4.20. The van der Waals surface area contributed by atoms with Crippen LogP contribution in [0.25, 0.3) is 11.5 Å². The number of pyridine rings is 1. The quantitative estimate of drug-likeness (QED) is 0.749. The molecule has 9 nitrogen and oxygen atoms in total. The van der Waals surface area contributed by atoms with Crippen LogP contribution in [0.2, 0.25) is 0 Å². The molecular formula is C21H28N6O3. The monoisotopic (exact) mass is 412 g/mol. The van der Waals surface area contributed by atoms with E-state index >= 15 is 0 Å². The van der Waals surface area contributed by atoms with E-state index < -0.39 is 0 Å². The second-order valence-electron chi connectivity index (χ2n) is 7.99. The lowest BCUT2D eigenvalue weighted by Gasteiger charge is -2.39. The molecule has 1 atom stereocenters. The van der Waals surface area contributed by atoms with Gasteiger partial charge in [0.05, 0.1) is 6.04 Å². The molecule has 4 heterocycles. The zero-order valence-electron chi connectivity index (χ0n) is 17.5. The molecule has 0 radical (unpaired) electrons. The van der Waals surface area contributed by atoms with Crippen molar-refractivity contribution in [3.63, 3.8) is 0 Å². The van der Waals surface area contributed by atoms with E-state index in [9.17, 15) is 9.59 Å². The minimum atomic E-state index is -0.165. The van der Waals surface area contributed by atoms with Crippen LogP contribution in [0, 0.1) is 0 Å². The molecule has 0 N–H and O–H groups in total. The van der Waals surface area contributed by atoms with Crippen molar-refractivity contribution in [3.05, 3.63) is 30.3 Å². The van der Waals surface area contributed by atoms with E-state index in [1.165, 1.54) is 0 Å². The van der Waals surface area contributed by atoms with Gasteiger partial charge in [-0.1, -0.05) is 11.2 Å². The zero-order chi connectivity index (χ0) is 21.1. The number of carbonyl (C=O) groups is 2. The lowest BCUT2D eigenvalue weighted by atomic mass is 9.95. The van der Waals surface area contributed by atoms with E-state index in [-0.39, 0.29) is 23.8 Å². The average Bonchev–Trinajstić information content (AvgIpc) is 3.29. The summed E-state index contributed by atoms with van der Waals surface area (Å²) in [5.41, 5.74) is 0.703. The largest absolute Gasteiger partial charge is 0.339 e. The van der Waals surface area contributed by atoms with Gasteiger partial charge in [-0.15, -0.1) is 0 Å². The summed E-state index contributed by atoms with van der Waals surface area (Å²) in [6.07, 6.45) is 3.46. The van der Waals surface area contributed by atoms with E-state index in [4.69, 9.17) is 4.52 Å². The first-order valence-electron chi connectivity index (χ1n) is 10.6. The summed E-state index contributed by atoms with van der Waals surface area (Å²) >= 11 is 0. The molecule has 0 aliphatic carbocycles. The number of aromatic nitrogens is 3. The predicted octanol–water partition coefficient (Wildman–Crippen LogP) is 1.39. The Kier molecular flexibility index (Phi) is 6.08. The van der Waals surface area contributed by atoms with Crippen LogP contribution >= 0.6 is 0 Å². The van der Waals surface area contributed by atoms with Crippen LogP contribution in [0.5, 0.6) is 0 Å². The van der Waals surface area contributed by atoms with Gasteiger partial charge in [-0.25, -0.2) is 0 Å². The van der Waals surface area contributed by atoms with Gasteiger partial charge in [0.2, 0.25) is 23.5 Å². The summed E-state index contributed by atoms with van der Waals surface area (Å²) in [5, 5.41) is 4.07. The van der Waals surface area contributed by atoms with Crippen LogP contribution in [0.3, 0.4) is 0 Å². The van der Waals surface area contributed by atoms with E-state index in [0.29, 0.717) is 43.6 Å². The van der Waals surface area contributed by atoms with E-state index in [1.54, 1.807) is 18.0 Å². The summed E-state index contributed by atoms with van der Waals surface area (Å²) in [7, 11) is 0. The molecule has 2 fully saturated rings. The van der Waals surface area contributed by atoms with Gasteiger partial charge in [0.15, 0.2) is 0 Å². The predicted molar refractivity (Wildman–Crippen MR) is 109 cm³/mol. The fourth-order valence-corrected chi connectivity index (χ4v) is 4.20. The lowest BCUT2D eigenvalue weighted by Crippen LogP contribution is -2.55. The van der Waals surface area contributed by atoms with Crippen molar-refractivity contribution in [2.45, 2.75) is 38.6 Å². The molecule has 2 aromatic heterocycles. The summed E-state index contributed by atoms with van der Waals surface area (Å²) in [6, 6.07) is 5.45. The molecule has 30 heavy (non-hydrogen) atoms. The topological polar surface area (TPSA) is 95.7 Å². The van der Waals surface area contributed by atoms with Crippen LogP contribution in [0.15, 0.2) is 28.9 Å². The number of hydrogen-bond donors (Lipinski definition) is 0. The van der Waals surface area contributed by atoms with Crippen molar-refractivity contribution < 1.29 is 14.1 Å². The Morgan fingerprint density at radius 2 is 1.77 bits per heavy atom. The summed E-state index contributed by atoms with van der Waals surface area (Å²) in [5.74, 6) is 1.58. The van der Waals surface area contributed by atoms with Crippen molar-refractivity contribution in [1.29, 1.82) is 0 Å². The zero-order valence-corrected chi connectivity index (χ0v) is 17.5. The molecule has 9 heteroatoms. The van der Waals surface area contributed by atoms with E-state index in [1.807, 2.05) is 30.0 Å². The molecular weight excluding hydrogens is 384 g/mol. The molecule has 0 bridgehead atoms. The second kappa shape index (κ2) is 8.91. The highest BCUT2D eigenvalue weighted by Gasteiger charge is 2.33. The number of nitrogens with zero attached hydrogens (tertiary/aromatic N) is 6. The standard InChI is InChI=1S/C21H28N6O3/c1-15(21(29)27-13-11-26(12-14-27)16(2)28)25-9-6-17(7-10-25)20-23-19(24-30-20)18-5-3-4-8-22-18/h3-5,8,15,17H,6-7,9-14H2,1-2H3. The van der Waals surface area contributed by atoms with Crippen molar-refractivity contribution in [2.75, 3.05) is 39.3 Å². The van der Waals surface area contributed by atoms with Gasteiger partial charge in [-0.3, -0.25) is 19.5 Å². The van der Waals surface area contributed by atoms with Crippen LogP contribution in [-0.4, -0.2) is 86.9 Å². The minimum absolute atomic E-state index is 0.0736. The SMILES string of the molecule is CC(=O)N1CCN(C(=O)C(C)N2CCC(c3nc(-c4ccccn4)no3)CC2)CC1. The molecule has 0 spiro atoms. The Morgan fingerprint density at radius 3 is 2.40 bits per heavy atom. The van der Waals surface area contributed by atoms with Crippen LogP contribution in [0.4, 0.5) is 0 Å². The number of carbonyl (C=O) groups excluding carboxylic acids is 2. The van der Waals surface area contributed by atoms with Crippen LogP contribution in [0.1, 0.15) is 38.5 Å². The Labute approximate surface area is 176 Å². The third-order valence-electron chi connectivity index (χ3n) is 6.16. The van der Waals surface area contributed by atoms with Crippen molar-refractivity contribution in [1.82, 2.24) is 29.8 Å². The highest BCUT2D eigenvalue weighted by atomic mass is 16.5. The Balaban J connectivity index is 1.30. The number of rotatable bonds is 4. The fraction of sp³-hybridized carbons (Fsp3) is 0.571. The maximum Gasteiger partial charge on any atom is 0.239 e. The van der Waals surface area contributed by atoms with Crippen molar-refractivity contribution in [3.8, 4) is 11.5 Å².